The SMILES string of the molecule is CCN=c1scc(-c2ccc(Br)cc2)n1/N=C\c1ccc(C)cc1C. The van der Waals surface area contributed by atoms with E-state index in [0.717, 1.165) is 32.6 Å². The average molecular weight is 414 g/mol. The standard InChI is InChI=1S/C20H20BrN3S/c1-4-22-20-24(23-12-17-6-5-14(2)11-15(17)3)19(13-25-20)16-7-9-18(21)10-8-16/h5-13H,4H2,1-3H3/b22-20?,23-12-. The number of aromatic nitrogens is 1. The summed E-state index contributed by atoms with van der Waals surface area (Å²) in [6, 6.07) is 14.7. The number of nitrogens with zero attached hydrogens (tertiary/aromatic N) is 3. The quantitative estimate of drug-likeness (QED) is 0.512. The molecule has 25 heavy (non-hydrogen) atoms. The molecular weight excluding hydrogens is 394 g/mol. The molecule has 0 aliphatic heterocycles. The highest BCUT2D eigenvalue weighted by Gasteiger charge is 2.07. The summed E-state index contributed by atoms with van der Waals surface area (Å²) >= 11 is 5.10. The molecule has 0 bridgehead atoms. The summed E-state index contributed by atoms with van der Waals surface area (Å²) in [5.41, 5.74) is 5.77. The molecule has 0 aliphatic carbocycles. The van der Waals surface area contributed by atoms with Crippen LogP contribution in [0.5, 0.6) is 0 Å². The van der Waals surface area contributed by atoms with Gasteiger partial charge in [-0.05, 0) is 44.0 Å². The van der Waals surface area contributed by atoms with Gasteiger partial charge in [-0.1, -0.05) is 51.8 Å². The molecule has 2 aromatic carbocycles. The van der Waals surface area contributed by atoms with Crippen LogP contribution < -0.4 is 4.80 Å². The van der Waals surface area contributed by atoms with Gasteiger partial charge in [0, 0.05) is 22.0 Å². The Morgan fingerprint density at radius 3 is 2.56 bits per heavy atom. The Kier molecular flexibility index (Phi) is 5.66. The van der Waals surface area contributed by atoms with Gasteiger partial charge < -0.3 is 0 Å². The van der Waals surface area contributed by atoms with Crippen molar-refractivity contribution < 1.29 is 0 Å². The highest BCUT2D eigenvalue weighted by atomic mass is 79.9. The highest BCUT2D eigenvalue weighted by Crippen LogP contribution is 2.22. The van der Waals surface area contributed by atoms with Gasteiger partial charge in [-0.25, -0.2) is 4.68 Å². The third kappa shape index (κ3) is 4.17. The van der Waals surface area contributed by atoms with Gasteiger partial charge in [0.25, 0.3) is 0 Å². The number of thiazole rings is 1. The highest BCUT2D eigenvalue weighted by molar-refractivity contribution is 9.10. The molecule has 3 rings (SSSR count). The van der Waals surface area contributed by atoms with Crippen molar-refractivity contribution in [3.63, 3.8) is 0 Å². The second-order valence-corrected chi connectivity index (χ2v) is 7.55. The minimum Gasteiger partial charge on any atom is -0.258 e. The molecule has 0 N–H and O–H groups in total. The second kappa shape index (κ2) is 7.93. The van der Waals surface area contributed by atoms with Gasteiger partial charge in [0.15, 0.2) is 0 Å². The van der Waals surface area contributed by atoms with E-state index in [0.29, 0.717) is 0 Å². The van der Waals surface area contributed by atoms with Gasteiger partial charge in [-0.15, -0.1) is 11.3 Å². The molecule has 0 saturated heterocycles. The van der Waals surface area contributed by atoms with E-state index in [1.165, 1.54) is 11.1 Å². The van der Waals surface area contributed by atoms with Crippen LogP contribution in [-0.4, -0.2) is 17.4 Å². The minimum atomic E-state index is 0.735. The first-order valence-corrected chi connectivity index (χ1v) is 9.84. The first-order valence-electron chi connectivity index (χ1n) is 8.17. The van der Waals surface area contributed by atoms with E-state index in [4.69, 9.17) is 5.10 Å². The Balaban J connectivity index is 2.07. The second-order valence-electron chi connectivity index (χ2n) is 5.80. The molecule has 5 heteroatoms. The zero-order valence-corrected chi connectivity index (χ0v) is 16.9. The number of benzene rings is 2. The van der Waals surface area contributed by atoms with E-state index >= 15 is 0 Å². The van der Waals surface area contributed by atoms with Crippen molar-refractivity contribution in [3.05, 3.63) is 73.8 Å². The van der Waals surface area contributed by atoms with Gasteiger partial charge in [0.1, 0.15) is 0 Å². The maximum Gasteiger partial charge on any atom is 0.206 e. The van der Waals surface area contributed by atoms with Gasteiger partial charge in [-0.2, -0.15) is 5.10 Å². The van der Waals surface area contributed by atoms with Crippen molar-refractivity contribution >= 4 is 33.5 Å². The van der Waals surface area contributed by atoms with Crippen molar-refractivity contribution in [2.45, 2.75) is 20.8 Å². The molecule has 128 valence electrons. The first kappa shape index (κ1) is 17.8. The minimum absolute atomic E-state index is 0.735. The zero-order valence-electron chi connectivity index (χ0n) is 14.5. The monoisotopic (exact) mass is 413 g/mol. The first-order chi connectivity index (χ1) is 12.1. The normalized spacial score (nSPS) is 12.2. The summed E-state index contributed by atoms with van der Waals surface area (Å²) in [5.74, 6) is 0. The molecule has 0 aliphatic rings. The number of hydrogen-bond donors (Lipinski definition) is 0. The van der Waals surface area contributed by atoms with E-state index in [9.17, 15) is 0 Å². The lowest BCUT2D eigenvalue weighted by Crippen LogP contribution is -2.12. The summed E-state index contributed by atoms with van der Waals surface area (Å²) in [4.78, 5) is 5.48. The number of aryl methyl sites for hydroxylation is 2. The molecule has 0 fully saturated rings. The average Bonchev–Trinajstić information content (AvgIpc) is 2.98. The number of rotatable bonds is 4. The smallest absolute Gasteiger partial charge is 0.206 e. The predicted molar refractivity (Wildman–Crippen MR) is 110 cm³/mol. The lowest BCUT2D eigenvalue weighted by Gasteiger charge is -2.05. The molecule has 3 nitrogen and oxygen atoms in total. The fourth-order valence-electron chi connectivity index (χ4n) is 2.56. The number of halogens is 1. The molecule has 0 saturated carbocycles. The fourth-order valence-corrected chi connectivity index (χ4v) is 3.73. The Labute approximate surface area is 160 Å². The van der Waals surface area contributed by atoms with Crippen molar-refractivity contribution in [2.24, 2.45) is 10.1 Å². The molecular formula is C20H20BrN3S. The van der Waals surface area contributed by atoms with Crippen LogP contribution >= 0.6 is 27.3 Å². The van der Waals surface area contributed by atoms with Crippen LogP contribution in [0.1, 0.15) is 23.6 Å². The fraction of sp³-hybridized carbons (Fsp3) is 0.200. The van der Waals surface area contributed by atoms with Crippen LogP contribution in [0.2, 0.25) is 0 Å². The van der Waals surface area contributed by atoms with E-state index in [2.05, 4.69) is 70.5 Å². The van der Waals surface area contributed by atoms with Gasteiger partial charge in [0.05, 0.1) is 11.9 Å². The number of hydrogen-bond acceptors (Lipinski definition) is 3. The van der Waals surface area contributed by atoms with Crippen LogP contribution in [0.25, 0.3) is 11.3 Å². The van der Waals surface area contributed by atoms with Crippen LogP contribution in [-0.2, 0) is 0 Å². The summed E-state index contributed by atoms with van der Waals surface area (Å²) < 4.78 is 2.99. The zero-order chi connectivity index (χ0) is 17.8. The Hall–Kier alpha value is -1.98. The van der Waals surface area contributed by atoms with Gasteiger partial charge in [0.2, 0.25) is 4.80 Å². The van der Waals surface area contributed by atoms with Crippen LogP contribution in [0.15, 0.2) is 62.4 Å². The maximum atomic E-state index is 4.74. The lowest BCUT2D eigenvalue weighted by molar-refractivity contribution is 0.833. The third-order valence-corrected chi connectivity index (χ3v) is 5.24. The summed E-state index contributed by atoms with van der Waals surface area (Å²) in [7, 11) is 0. The van der Waals surface area contributed by atoms with E-state index in [1.807, 2.05) is 29.9 Å². The summed E-state index contributed by atoms with van der Waals surface area (Å²) in [6.07, 6.45) is 1.92. The van der Waals surface area contributed by atoms with E-state index < -0.39 is 0 Å². The van der Waals surface area contributed by atoms with Crippen LogP contribution in [0.4, 0.5) is 0 Å². The summed E-state index contributed by atoms with van der Waals surface area (Å²) in [5, 5.41) is 6.85. The Morgan fingerprint density at radius 2 is 1.88 bits per heavy atom. The largest absolute Gasteiger partial charge is 0.258 e. The van der Waals surface area contributed by atoms with Gasteiger partial charge in [-0.3, -0.25) is 4.99 Å². The van der Waals surface area contributed by atoms with E-state index in [1.54, 1.807) is 11.3 Å². The molecule has 0 atom stereocenters. The molecule has 0 radical (unpaired) electrons. The van der Waals surface area contributed by atoms with E-state index in [-0.39, 0.29) is 0 Å². The molecule has 1 aromatic heterocycles. The molecule has 0 amide bonds. The molecule has 0 unspecified atom stereocenters. The van der Waals surface area contributed by atoms with Crippen molar-refractivity contribution in [1.82, 2.24) is 4.68 Å². The van der Waals surface area contributed by atoms with Gasteiger partial charge >= 0.3 is 0 Å². The van der Waals surface area contributed by atoms with Crippen molar-refractivity contribution in [1.29, 1.82) is 0 Å². The maximum absolute atomic E-state index is 4.74. The van der Waals surface area contributed by atoms with Crippen molar-refractivity contribution in [2.75, 3.05) is 6.54 Å². The summed E-state index contributed by atoms with van der Waals surface area (Å²) in [6.45, 7) is 6.99. The third-order valence-electron chi connectivity index (χ3n) is 3.86. The Morgan fingerprint density at radius 1 is 1.12 bits per heavy atom. The Bertz CT molecular complexity index is 965. The lowest BCUT2D eigenvalue weighted by atomic mass is 10.1. The van der Waals surface area contributed by atoms with Crippen molar-refractivity contribution in [3.8, 4) is 11.3 Å². The molecule has 1 heterocycles. The van der Waals surface area contributed by atoms with Crippen LogP contribution in [0, 0.1) is 13.8 Å². The molecule has 3 aromatic rings. The molecule has 0 spiro atoms. The van der Waals surface area contributed by atoms with Crippen LogP contribution in [0.3, 0.4) is 0 Å². The topological polar surface area (TPSA) is 29.6 Å². The predicted octanol–water partition coefficient (Wildman–Crippen LogP) is 5.40.